The molecule has 1 fully saturated rings. The molecule has 5 rings (SSSR count). The van der Waals surface area contributed by atoms with Crippen LogP contribution in [0.1, 0.15) is 50.1 Å². The maximum atomic E-state index is 13.6. The monoisotopic (exact) mass is 518 g/mol. The van der Waals surface area contributed by atoms with Crippen LogP contribution in [0.5, 0.6) is 5.75 Å². The number of halogens is 3. The van der Waals surface area contributed by atoms with Gasteiger partial charge in [-0.1, -0.05) is 0 Å². The van der Waals surface area contributed by atoms with Gasteiger partial charge < -0.3 is 19.7 Å². The van der Waals surface area contributed by atoms with Crippen molar-refractivity contribution in [1.29, 1.82) is 5.41 Å². The SMILES string of the molecule is CNc1nc(COC(=N)N2CCCC2C(F)(F)F)nc2c1C(C)(C)C(=O)N2c1ccc2c(c1)CCCO2. The standard InChI is InChI=1S/C25H29F3N6O3/c1-24(2)19-20(30-3)31-18(13-37-23(29)33-10-4-7-17(33)25(26,27)28)32-21(19)34(22(24)35)15-8-9-16-14(12-15)6-5-11-36-16/h8-9,12,17,29H,4-7,10-11,13H2,1-3H3,(H,30,31,32). The van der Waals surface area contributed by atoms with Gasteiger partial charge in [0.2, 0.25) is 5.91 Å². The summed E-state index contributed by atoms with van der Waals surface area (Å²) in [5, 5.41) is 11.1. The third-order valence-corrected chi connectivity index (χ3v) is 7.13. The van der Waals surface area contributed by atoms with Crippen molar-refractivity contribution in [3.8, 4) is 5.75 Å². The summed E-state index contributed by atoms with van der Waals surface area (Å²) in [6.07, 6.45) is -2.47. The van der Waals surface area contributed by atoms with Crippen molar-refractivity contribution in [2.75, 3.05) is 30.4 Å². The number of ether oxygens (including phenoxy) is 2. The number of carbonyl (C=O) groups is 1. The van der Waals surface area contributed by atoms with Gasteiger partial charge in [-0.25, -0.2) is 9.97 Å². The zero-order valence-corrected chi connectivity index (χ0v) is 20.9. The number of rotatable bonds is 4. The van der Waals surface area contributed by atoms with Crippen LogP contribution < -0.4 is 15.0 Å². The van der Waals surface area contributed by atoms with E-state index in [-0.39, 0.29) is 31.3 Å². The number of likely N-dealkylation sites (tertiary alicyclic amines) is 1. The van der Waals surface area contributed by atoms with Gasteiger partial charge in [-0.05, 0) is 63.3 Å². The fraction of sp³-hybridized carbons (Fsp3) is 0.520. The largest absolute Gasteiger partial charge is 0.493 e. The van der Waals surface area contributed by atoms with Gasteiger partial charge in [-0.2, -0.15) is 13.2 Å². The highest BCUT2D eigenvalue weighted by Gasteiger charge is 2.49. The van der Waals surface area contributed by atoms with Gasteiger partial charge in [0.25, 0.3) is 6.02 Å². The third-order valence-electron chi connectivity index (χ3n) is 7.13. The van der Waals surface area contributed by atoms with Gasteiger partial charge in [-0.15, -0.1) is 0 Å². The van der Waals surface area contributed by atoms with Crippen LogP contribution in [0, 0.1) is 5.41 Å². The van der Waals surface area contributed by atoms with E-state index in [1.54, 1.807) is 25.8 Å². The molecule has 0 spiro atoms. The van der Waals surface area contributed by atoms with Crippen LogP contribution in [-0.4, -0.2) is 59.2 Å². The number of nitrogens with zero attached hydrogens (tertiary/aromatic N) is 4. The molecule has 1 atom stereocenters. The van der Waals surface area contributed by atoms with E-state index >= 15 is 0 Å². The van der Waals surface area contributed by atoms with Crippen LogP contribution in [-0.2, 0) is 28.0 Å². The Labute approximate surface area is 212 Å². The number of anilines is 3. The summed E-state index contributed by atoms with van der Waals surface area (Å²) in [6, 6.07) is 3.27. The second-order valence-electron chi connectivity index (χ2n) is 9.93. The van der Waals surface area contributed by atoms with Crippen LogP contribution in [0.4, 0.5) is 30.5 Å². The molecule has 0 bridgehead atoms. The number of nitrogens with one attached hydrogen (secondary N) is 2. The molecule has 1 aromatic carbocycles. The van der Waals surface area contributed by atoms with E-state index in [1.165, 1.54) is 0 Å². The number of benzene rings is 1. The lowest BCUT2D eigenvalue weighted by Gasteiger charge is -2.27. The molecule has 0 aliphatic carbocycles. The fourth-order valence-corrected chi connectivity index (χ4v) is 5.25. The zero-order valence-electron chi connectivity index (χ0n) is 20.9. The van der Waals surface area contributed by atoms with Gasteiger partial charge in [0, 0.05) is 13.6 Å². The van der Waals surface area contributed by atoms with Gasteiger partial charge >= 0.3 is 6.18 Å². The Hall–Kier alpha value is -3.57. The molecule has 2 aromatic rings. The zero-order chi connectivity index (χ0) is 26.5. The lowest BCUT2D eigenvalue weighted by Crippen LogP contribution is -2.45. The number of amidine groups is 1. The van der Waals surface area contributed by atoms with E-state index in [4.69, 9.17) is 14.9 Å². The number of carbonyl (C=O) groups excluding carboxylic acids is 1. The molecule has 3 aliphatic heterocycles. The fourth-order valence-electron chi connectivity index (χ4n) is 5.25. The van der Waals surface area contributed by atoms with E-state index in [2.05, 4.69) is 15.3 Å². The van der Waals surface area contributed by atoms with Crippen LogP contribution >= 0.6 is 0 Å². The van der Waals surface area contributed by atoms with Crippen LogP contribution in [0.2, 0.25) is 0 Å². The first-order chi connectivity index (χ1) is 17.5. The Bertz CT molecular complexity index is 1250. The van der Waals surface area contributed by atoms with Crippen LogP contribution in [0.3, 0.4) is 0 Å². The van der Waals surface area contributed by atoms with Crippen molar-refractivity contribution in [3.05, 3.63) is 35.2 Å². The van der Waals surface area contributed by atoms with Crippen molar-refractivity contribution in [2.24, 2.45) is 0 Å². The molecule has 0 radical (unpaired) electrons. The van der Waals surface area contributed by atoms with Crippen molar-refractivity contribution < 1.29 is 27.4 Å². The number of hydrogen-bond acceptors (Lipinski definition) is 7. The first-order valence-corrected chi connectivity index (χ1v) is 12.3. The summed E-state index contributed by atoms with van der Waals surface area (Å²) in [4.78, 5) is 25.2. The van der Waals surface area contributed by atoms with E-state index in [0.717, 1.165) is 29.1 Å². The van der Waals surface area contributed by atoms with E-state index < -0.39 is 23.7 Å². The molecule has 2 N–H and O–H groups in total. The Kier molecular flexibility index (Phi) is 6.15. The van der Waals surface area contributed by atoms with Crippen molar-refractivity contribution >= 4 is 29.3 Å². The average molecular weight is 519 g/mol. The number of aryl methyl sites for hydroxylation is 1. The second-order valence-corrected chi connectivity index (χ2v) is 9.93. The highest BCUT2D eigenvalue weighted by molar-refractivity contribution is 6.12. The summed E-state index contributed by atoms with van der Waals surface area (Å²) < 4.78 is 51.1. The number of fused-ring (bicyclic) bond motifs is 2. The Morgan fingerprint density at radius 1 is 1.30 bits per heavy atom. The normalized spacial score (nSPS) is 20.4. The lowest BCUT2D eigenvalue weighted by molar-refractivity contribution is -0.169. The summed E-state index contributed by atoms with van der Waals surface area (Å²) in [7, 11) is 1.67. The number of amides is 1. The number of hydrogen-bond donors (Lipinski definition) is 2. The van der Waals surface area contributed by atoms with E-state index in [1.807, 2.05) is 18.2 Å². The van der Waals surface area contributed by atoms with Gasteiger partial charge in [0.15, 0.2) is 12.4 Å². The molecule has 1 saturated heterocycles. The molecule has 1 amide bonds. The van der Waals surface area contributed by atoms with E-state index in [9.17, 15) is 18.0 Å². The smallest absolute Gasteiger partial charge is 0.408 e. The summed E-state index contributed by atoms with van der Waals surface area (Å²) in [5.74, 6) is 1.57. The average Bonchev–Trinajstić information content (AvgIpc) is 3.44. The molecule has 3 aliphatic rings. The lowest BCUT2D eigenvalue weighted by atomic mass is 9.87. The van der Waals surface area contributed by atoms with Crippen LogP contribution in [0.25, 0.3) is 0 Å². The summed E-state index contributed by atoms with van der Waals surface area (Å²) in [6.45, 7) is 4.03. The summed E-state index contributed by atoms with van der Waals surface area (Å²) in [5.41, 5.74) is 1.34. The topological polar surface area (TPSA) is 104 Å². The number of aromatic nitrogens is 2. The van der Waals surface area contributed by atoms with E-state index in [0.29, 0.717) is 35.9 Å². The van der Waals surface area contributed by atoms with Crippen LogP contribution in [0.15, 0.2) is 18.2 Å². The Morgan fingerprint density at radius 2 is 2.08 bits per heavy atom. The molecule has 37 heavy (non-hydrogen) atoms. The highest BCUT2D eigenvalue weighted by atomic mass is 19.4. The predicted octanol–water partition coefficient (Wildman–Crippen LogP) is 4.28. The molecule has 198 valence electrons. The van der Waals surface area contributed by atoms with Gasteiger partial charge in [-0.3, -0.25) is 15.1 Å². The quantitative estimate of drug-likeness (QED) is 0.460. The van der Waals surface area contributed by atoms with Crippen molar-refractivity contribution in [2.45, 2.75) is 63.8 Å². The first kappa shape index (κ1) is 25.1. The van der Waals surface area contributed by atoms with Crippen molar-refractivity contribution in [1.82, 2.24) is 14.9 Å². The highest BCUT2D eigenvalue weighted by Crippen LogP contribution is 2.48. The maximum absolute atomic E-state index is 13.6. The molecular weight excluding hydrogens is 489 g/mol. The second kappa shape index (κ2) is 9.07. The van der Waals surface area contributed by atoms with Crippen molar-refractivity contribution in [3.63, 3.8) is 0 Å². The minimum atomic E-state index is -4.44. The minimum Gasteiger partial charge on any atom is -0.493 e. The Balaban J connectivity index is 1.46. The van der Waals surface area contributed by atoms with Gasteiger partial charge in [0.1, 0.15) is 23.4 Å². The number of alkyl halides is 3. The van der Waals surface area contributed by atoms with Gasteiger partial charge in [0.05, 0.1) is 23.3 Å². The predicted molar refractivity (Wildman–Crippen MR) is 130 cm³/mol. The molecule has 9 nitrogen and oxygen atoms in total. The molecular formula is C25H29F3N6O3. The molecule has 1 aromatic heterocycles. The Morgan fingerprint density at radius 3 is 2.81 bits per heavy atom. The molecule has 12 heteroatoms. The molecule has 1 unspecified atom stereocenters. The first-order valence-electron chi connectivity index (χ1n) is 12.3. The maximum Gasteiger partial charge on any atom is 0.408 e. The molecule has 0 saturated carbocycles. The minimum absolute atomic E-state index is 0.0769. The summed E-state index contributed by atoms with van der Waals surface area (Å²) >= 11 is 0. The third kappa shape index (κ3) is 4.31. The molecule has 4 heterocycles.